The number of anilines is 1. The molecule has 72 valence electrons. The van der Waals surface area contributed by atoms with Gasteiger partial charge in [0, 0.05) is 30.9 Å². The molecule has 1 aromatic heterocycles. The van der Waals surface area contributed by atoms with Crippen molar-refractivity contribution >= 4 is 5.82 Å². The van der Waals surface area contributed by atoms with Crippen LogP contribution in [0.5, 0.6) is 0 Å². The molecule has 2 atom stereocenters. The van der Waals surface area contributed by atoms with Crippen molar-refractivity contribution < 1.29 is 4.74 Å². The number of aromatic amines is 1. The molecule has 2 unspecified atom stereocenters. The normalized spacial score (nSPS) is 29.0. The first kappa shape index (κ1) is 8.56. The van der Waals surface area contributed by atoms with Gasteiger partial charge >= 0.3 is 0 Å². The summed E-state index contributed by atoms with van der Waals surface area (Å²) in [5.41, 5.74) is 6.70. The van der Waals surface area contributed by atoms with Gasteiger partial charge in [0.05, 0.1) is 0 Å². The van der Waals surface area contributed by atoms with E-state index in [0.717, 1.165) is 25.3 Å². The summed E-state index contributed by atoms with van der Waals surface area (Å²) < 4.78 is 5.37. The molecule has 0 aromatic carbocycles. The summed E-state index contributed by atoms with van der Waals surface area (Å²) in [6, 6.07) is 1.92. The average Bonchev–Trinajstić information content (AvgIpc) is 2.53. The molecule has 2 heterocycles. The van der Waals surface area contributed by atoms with Crippen LogP contribution in [0.3, 0.4) is 0 Å². The van der Waals surface area contributed by atoms with E-state index in [2.05, 4.69) is 17.1 Å². The van der Waals surface area contributed by atoms with E-state index in [9.17, 15) is 0 Å². The van der Waals surface area contributed by atoms with Crippen LogP contribution < -0.4 is 5.73 Å². The van der Waals surface area contributed by atoms with Crippen LogP contribution in [0, 0.1) is 5.92 Å². The lowest BCUT2D eigenvalue weighted by molar-refractivity contribution is 0.0463. The number of nitrogens with one attached hydrogen (secondary N) is 1. The van der Waals surface area contributed by atoms with Crippen LogP contribution in [-0.2, 0) is 4.74 Å². The van der Waals surface area contributed by atoms with Gasteiger partial charge in [-0.25, -0.2) is 0 Å². The molecule has 3 N–H and O–H groups in total. The second-order valence-corrected chi connectivity index (χ2v) is 3.70. The Morgan fingerprint density at radius 2 is 2.54 bits per heavy atom. The van der Waals surface area contributed by atoms with Crippen molar-refractivity contribution in [3.05, 3.63) is 11.8 Å². The van der Waals surface area contributed by atoms with E-state index in [4.69, 9.17) is 10.5 Å². The van der Waals surface area contributed by atoms with E-state index in [1.54, 1.807) is 0 Å². The van der Waals surface area contributed by atoms with Crippen LogP contribution in [0.2, 0.25) is 0 Å². The van der Waals surface area contributed by atoms with Gasteiger partial charge in [-0.1, -0.05) is 6.92 Å². The minimum absolute atomic E-state index is 0.526. The molecular formula is C9H15N3O. The van der Waals surface area contributed by atoms with Gasteiger partial charge in [-0.2, -0.15) is 5.10 Å². The monoisotopic (exact) mass is 181 g/mol. The smallest absolute Gasteiger partial charge is 0.145 e. The van der Waals surface area contributed by atoms with E-state index in [1.807, 2.05) is 6.07 Å². The van der Waals surface area contributed by atoms with Crippen molar-refractivity contribution in [3.8, 4) is 0 Å². The summed E-state index contributed by atoms with van der Waals surface area (Å²) in [6.07, 6.45) is 1.06. The molecule has 0 radical (unpaired) electrons. The summed E-state index contributed by atoms with van der Waals surface area (Å²) >= 11 is 0. The fourth-order valence-electron chi connectivity index (χ4n) is 1.89. The number of nitrogen functional groups attached to an aromatic ring is 1. The van der Waals surface area contributed by atoms with Crippen LogP contribution in [0.1, 0.15) is 25.0 Å². The highest BCUT2D eigenvalue weighted by molar-refractivity contribution is 5.30. The predicted octanol–water partition coefficient (Wildman–Crippen LogP) is 1.13. The standard InChI is InChI=1S/C9H15N3O/c1-6-5-13-3-2-7(6)8-4-9(10)12-11-8/h4,6-7H,2-3,5H2,1H3,(H3,10,11,12). The second-order valence-electron chi connectivity index (χ2n) is 3.70. The number of aromatic nitrogens is 2. The zero-order valence-electron chi connectivity index (χ0n) is 7.79. The van der Waals surface area contributed by atoms with Crippen molar-refractivity contribution in [3.63, 3.8) is 0 Å². The van der Waals surface area contributed by atoms with Gasteiger partial charge in [0.1, 0.15) is 5.82 Å². The molecule has 0 aliphatic carbocycles. The van der Waals surface area contributed by atoms with E-state index in [0.29, 0.717) is 17.7 Å². The Kier molecular flexibility index (Phi) is 2.22. The quantitative estimate of drug-likeness (QED) is 0.682. The Bertz CT molecular complexity index is 284. The minimum Gasteiger partial charge on any atom is -0.382 e. The molecule has 4 heteroatoms. The lowest BCUT2D eigenvalue weighted by atomic mass is 9.87. The first-order valence-corrected chi connectivity index (χ1v) is 4.66. The lowest BCUT2D eigenvalue weighted by Gasteiger charge is -2.27. The van der Waals surface area contributed by atoms with Crippen molar-refractivity contribution in [1.29, 1.82) is 0 Å². The number of nitrogens with zero attached hydrogens (tertiary/aromatic N) is 1. The number of rotatable bonds is 1. The molecule has 13 heavy (non-hydrogen) atoms. The molecule has 1 aromatic rings. The van der Waals surface area contributed by atoms with Crippen LogP contribution in [-0.4, -0.2) is 23.4 Å². The number of H-pyrrole nitrogens is 1. The Hall–Kier alpha value is -1.03. The van der Waals surface area contributed by atoms with Crippen molar-refractivity contribution in [2.45, 2.75) is 19.3 Å². The predicted molar refractivity (Wildman–Crippen MR) is 50.3 cm³/mol. The second kappa shape index (κ2) is 3.38. The van der Waals surface area contributed by atoms with Gasteiger partial charge in [0.15, 0.2) is 0 Å². The van der Waals surface area contributed by atoms with Crippen LogP contribution in [0.25, 0.3) is 0 Å². The van der Waals surface area contributed by atoms with Gasteiger partial charge in [0.25, 0.3) is 0 Å². The van der Waals surface area contributed by atoms with E-state index >= 15 is 0 Å². The summed E-state index contributed by atoms with van der Waals surface area (Å²) in [5, 5.41) is 6.91. The molecule has 0 amide bonds. The van der Waals surface area contributed by atoms with Crippen molar-refractivity contribution in [2.24, 2.45) is 5.92 Å². The summed E-state index contributed by atoms with van der Waals surface area (Å²) in [5.74, 6) is 1.65. The first-order valence-electron chi connectivity index (χ1n) is 4.66. The number of ether oxygens (including phenoxy) is 1. The summed E-state index contributed by atoms with van der Waals surface area (Å²) in [6.45, 7) is 3.87. The summed E-state index contributed by atoms with van der Waals surface area (Å²) in [4.78, 5) is 0. The molecule has 1 saturated heterocycles. The SMILES string of the molecule is CC1COCCC1c1cc(N)n[nH]1. The zero-order chi connectivity index (χ0) is 9.26. The molecule has 0 bridgehead atoms. The third kappa shape index (κ3) is 1.67. The number of nitrogens with two attached hydrogens (primary N) is 1. The van der Waals surface area contributed by atoms with Gasteiger partial charge < -0.3 is 10.5 Å². The average molecular weight is 181 g/mol. The molecule has 1 fully saturated rings. The fraction of sp³-hybridized carbons (Fsp3) is 0.667. The molecular weight excluding hydrogens is 166 g/mol. The Morgan fingerprint density at radius 1 is 1.69 bits per heavy atom. The van der Waals surface area contributed by atoms with Crippen LogP contribution in [0.4, 0.5) is 5.82 Å². The van der Waals surface area contributed by atoms with E-state index in [-0.39, 0.29) is 0 Å². The molecule has 0 saturated carbocycles. The lowest BCUT2D eigenvalue weighted by Crippen LogP contribution is -2.23. The van der Waals surface area contributed by atoms with Crippen molar-refractivity contribution in [1.82, 2.24) is 10.2 Å². The molecule has 1 aliphatic heterocycles. The third-order valence-corrected chi connectivity index (χ3v) is 2.66. The molecule has 1 aliphatic rings. The van der Waals surface area contributed by atoms with Gasteiger partial charge in [0.2, 0.25) is 0 Å². The molecule has 2 rings (SSSR count). The Balaban J connectivity index is 2.14. The van der Waals surface area contributed by atoms with E-state index in [1.165, 1.54) is 0 Å². The maximum absolute atomic E-state index is 5.56. The minimum atomic E-state index is 0.526. The topological polar surface area (TPSA) is 63.9 Å². The highest BCUT2D eigenvalue weighted by atomic mass is 16.5. The first-order chi connectivity index (χ1) is 6.27. The molecule has 0 spiro atoms. The maximum Gasteiger partial charge on any atom is 0.145 e. The third-order valence-electron chi connectivity index (χ3n) is 2.66. The van der Waals surface area contributed by atoms with Crippen LogP contribution >= 0.6 is 0 Å². The van der Waals surface area contributed by atoms with Crippen molar-refractivity contribution in [2.75, 3.05) is 18.9 Å². The van der Waals surface area contributed by atoms with Crippen LogP contribution in [0.15, 0.2) is 6.07 Å². The zero-order valence-corrected chi connectivity index (χ0v) is 7.79. The van der Waals surface area contributed by atoms with Gasteiger partial charge in [-0.05, 0) is 12.3 Å². The maximum atomic E-state index is 5.56. The Morgan fingerprint density at radius 3 is 3.15 bits per heavy atom. The van der Waals surface area contributed by atoms with Gasteiger partial charge in [-0.3, -0.25) is 5.10 Å². The highest BCUT2D eigenvalue weighted by Gasteiger charge is 2.24. The number of hydrogen-bond donors (Lipinski definition) is 2. The number of hydrogen-bond acceptors (Lipinski definition) is 3. The Labute approximate surface area is 77.5 Å². The highest BCUT2D eigenvalue weighted by Crippen LogP contribution is 2.30. The largest absolute Gasteiger partial charge is 0.382 e. The molecule has 4 nitrogen and oxygen atoms in total. The fourth-order valence-corrected chi connectivity index (χ4v) is 1.89. The summed E-state index contributed by atoms with van der Waals surface area (Å²) in [7, 11) is 0. The van der Waals surface area contributed by atoms with E-state index < -0.39 is 0 Å². The van der Waals surface area contributed by atoms with Gasteiger partial charge in [-0.15, -0.1) is 0 Å².